The van der Waals surface area contributed by atoms with Gasteiger partial charge in [0, 0.05) is 0 Å². The summed E-state index contributed by atoms with van der Waals surface area (Å²) in [6.07, 6.45) is 1.83. The molecule has 0 heterocycles. The molecule has 0 bridgehead atoms. The Bertz CT molecular complexity index is 914. The lowest BCUT2D eigenvalue weighted by Gasteiger charge is -2.31. The first kappa shape index (κ1) is 21.9. The first-order valence-electron chi connectivity index (χ1n) is 9.29. The van der Waals surface area contributed by atoms with Crippen LogP contribution in [0.4, 0.5) is 10.1 Å². The van der Waals surface area contributed by atoms with E-state index in [0.29, 0.717) is 6.42 Å². The van der Waals surface area contributed by atoms with Gasteiger partial charge in [-0.2, -0.15) is 0 Å². The molecule has 0 fully saturated rings. The molecule has 0 aliphatic heterocycles. The molecule has 2 aromatic rings. The van der Waals surface area contributed by atoms with Crippen molar-refractivity contribution in [3.63, 3.8) is 0 Å². The van der Waals surface area contributed by atoms with Crippen molar-refractivity contribution in [1.29, 1.82) is 0 Å². The number of para-hydroxylation sites is 1. The highest BCUT2D eigenvalue weighted by atomic mass is 32.2. The van der Waals surface area contributed by atoms with Crippen molar-refractivity contribution < 1.29 is 17.6 Å². The molecule has 7 heteroatoms. The number of nitrogens with zero attached hydrogens (tertiary/aromatic N) is 1. The number of carbonyl (C=O) groups is 1. The molecule has 0 aliphatic carbocycles. The van der Waals surface area contributed by atoms with Crippen molar-refractivity contribution in [1.82, 2.24) is 5.32 Å². The summed E-state index contributed by atoms with van der Waals surface area (Å²) in [5.41, 5.74) is 1.92. The smallest absolute Gasteiger partial charge is 0.244 e. The van der Waals surface area contributed by atoms with Gasteiger partial charge in [0.25, 0.3) is 0 Å². The molecule has 0 saturated carbocycles. The third-order valence-electron chi connectivity index (χ3n) is 4.62. The molecule has 2 aromatic carbocycles. The molecule has 2 atom stereocenters. The van der Waals surface area contributed by atoms with Gasteiger partial charge in [-0.05, 0) is 37.5 Å². The summed E-state index contributed by atoms with van der Waals surface area (Å²) >= 11 is 0. The van der Waals surface area contributed by atoms with Crippen molar-refractivity contribution in [3.05, 3.63) is 65.5 Å². The third-order valence-corrected chi connectivity index (χ3v) is 5.79. The summed E-state index contributed by atoms with van der Waals surface area (Å²) in [6, 6.07) is 12.1. The standard InChI is InChI=1S/C21H27FN2O3S/c1-5-18(16-13-11-15(3)12-14-16)23-21(25)19(6-2)24(28(4,26)27)20-10-8-7-9-17(20)22/h7-14,18-19H,5-6H2,1-4H3,(H,23,25)/t18-,19+/m1/s1. The Morgan fingerprint density at radius 2 is 1.68 bits per heavy atom. The van der Waals surface area contributed by atoms with E-state index in [0.717, 1.165) is 21.7 Å². The van der Waals surface area contributed by atoms with E-state index in [9.17, 15) is 17.6 Å². The highest BCUT2D eigenvalue weighted by Crippen LogP contribution is 2.26. The van der Waals surface area contributed by atoms with Crippen LogP contribution in [0.5, 0.6) is 0 Å². The minimum Gasteiger partial charge on any atom is -0.347 e. The van der Waals surface area contributed by atoms with E-state index in [1.165, 1.54) is 18.2 Å². The number of benzene rings is 2. The minimum atomic E-state index is -3.88. The van der Waals surface area contributed by atoms with Crippen LogP contribution in [-0.2, 0) is 14.8 Å². The van der Waals surface area contributed by atoms with Gasteiger partial charge in [-0.25, -0.2) is 12.8 Å². The van der Waals surface area contributed by atoms with Gasteiger partial charge in [0.1, 0.15) is 11.9 Å². The second-order valence-corrected chi connectivity index (χ2v) is 8.67. The first-order valence-corrected chi connectivity index (χ1v) is 11.1. The predicted molar refractivity (Wildman–Crippen MR) is 110 cm³/mol. The lowest BCUT2D eigenvalue weighted by Crippen LogP contribution is -2.50. The molecule has 0 saturated heterocycles. The number of hydrogen-bond acceptors (Lipinski definition) is 3. The fourth-order valence-electron chi connectivity index (χ4n) is 3.15. The Morgan fingerprint density at radius 1 is 1.07 bits per heavy atom. The van der Waals surface area contributed by atoms with Gasteiger partial charge in [0.15, 0.2) is 0 Å². The van der Waals surface area contributed by atoms with Crippen LogP contribution in [0.25, 0.3) is 0 Å². The summed E-state index contributed by atoms with van der Waals surface area (Å²) in [5.74, 6) is -1.15. The van der Waals surface area contributed by atoms with E-state index in [1.54, 1.807) is 13.0 Å². The summed E-state index contributed by atoms with van der Waals surface area (Å²) in [4.78, 5) is 13.0. The van der Waals surface area contributed by atoms with Gasteiger partial charge in [0.05, 0.1) is 18.0 Å². The molecule has 28 heavy (non-hydrogen) atoms. The van der Waals surface area contributed by atoms with Gasteiger partial charge in [0.2, 0.25) is 15.9 Å². The highest BCUT2D eigenvalue weighted by molar-refractivity contribution is 7.92. The zero-order valence-electron chi connectivity index (χ0n) is 16.6. The quantitative estimate of drug-likeness (QED) is 0.722. The van der Waals surface area contributed by atoms with Crippen LogP contribution in [0.15, 0.2) is 48.5 Å². The summed E-state index contributed by atoms with van der Waals surface area (Å²) in [6.45, 7) is 5.63. The van der Waals surface area contributed by atoms with E-state index in [1.807, 2.05) is 38.1 Å². The Kier molecular flexibility index (Phi) is 7.18. The number of anilines is 1. The zero-order chi connectivity index (χ0) is 20.9. The number of hydrogen-bond donors (Lipinski definition) is 1. The molecule has 0 aliphatic rings. The Hall–Kier alpha value is -2.41. The van der Waals surface area contributed by atoms with E-state index in [2.05, 4.69) is 5.32 Å². The molecule has 0 unspecified atom stereocenters. The van der Waals surface area contributed by atoms with E-state index >= 15 is 0 Å². The maximum absolute atomic E-state index is 14.3. The average Bonchev–Trinajstić information content (AvgIpc) is 2.64. The molecule has 2 rings (SSSR count). The van der Waals surface area contributed by atoms with Crippen molar-refractivity contribution in [2.75, 3.05) is 10.6 Å². The molecule has 1 amide bonds. The fraction of sp³-hybridized carbons (Fsp3) is 0.381. The molecule has 5 nitrogen and oxygen atoms in total. The number of aryl methyl sites for hydroxylation is 1. The second-order valence-electron chi connectivity index (χ2n) is 6.81. The molecule has 152 valence electrons. The molecular formula is C21H27FN2O3S. The Morgan fingerprint density at radius 3 is 2.18 bits per heavy atom. The Labute approximate surface area is 166 Å². The van der Waals surface area contributed by atoms with Crippen LogP contribution in [0.1, 0.15) is 43.9 Å². The normalized spacial score (nSPS) is 13.6. The predicted octanol–water partition coefficient (Wildman–Crippen LogP) is 3.95. The lowest BCUT2D eigenvalue weighted by atomic mass is 10.0. The fourth-order valence-corrected chi connectivity index (χ4v) is 4.37. The molecule has 1 N–H and O–H groups in total. The van der Waals surface area contributed by atoms with Crippen LogP contribution in [-0.4, -0.2) is 26.6 Å². The van der Waals surface area contributed by atoms with E-state index < -0.39 is 27.8 Å². The van der Waals surface area contributed by atoms with Crippen LogP contribution >= 0.6 is 0 Å². The number of amides is 1. The SMILES string of the molecule is CC[C@@H](NC(=O)[C@H](CC)N(c1ccccc1F)S(C)(=O)=O)c1ccc(C)cc1. The van der Waals surface area contributed by atoms with Crippen molar-refractivity contribution in [2.24, 2.45) is 0 Å². The van der Waals surface area contributed by atoms with Gasteiger partial charge in [-0.3, -0.25) is 9.10 Å². The van der Waals surface area contributed by atoms with E-state index in [4.69, 9.17) is 0 Å². The summed E-state index contributed by atoms with van der Waals surface area (Å²) in [5, 5.41) is 2.93. The van der Waals surface area contributed by atoms with Crippen LogP contribution in [0, 0.1) is 12.7 Å². The lowest BCUT2D eigenvalue weighted by molar-refractivity contribution is -0.123. The monoisotopic (exact) mass is 406 g/mol. The first-order chi connectivity index (χ1) is 13.2. The minimum absolute atomic E-state index is 0.129. The van der Waals surface area contributed by atoms with Crippen LogP contribution < -0.4 is 9.62 Å². The number of halogens is 1. The summed E-state index contributed by atoms with van der Waals surface area (Å²) < 4.78 is 40.1. The number of rotatable bonds is 8. The average molecular weight is 407 g/mol. The topological polar surface area (TPSA) is 66.5 Å². The largest absolute Gasteiger partial charge is 0.347 e. The number of sulfonamides is 1. The van der Waals surface area contributed by atoms with Gasteiger partial charge >= 0.3 is 0 Å². The highest BCUT2D eigenvalue weighted by Gasteiger charge is 2.33. The van der Waals surface area contributed by atoms with Crippen molar-refractivity contribution in [3.8, 4) is 0 Å². The summed E-state index contributed by atoms with van der Waals surface area (Å²) in [7, 11) is -3.88. The van der Waals surface area contributed by atoms with E-state index in [-0.39, 0.29) is 18.2 Å². The maximum atomic E-state index is 14.3. The van der Waals surface area contributed by atoms with Crippen molar-refractivity contribution >= 4 is 21.6 Å². The number of carbonyl (C=O) groups excluding carboxylic acids is 1. The molecule has 0 aromatic heterocycles. The van der Waals surface area contributed by atoms with Crippen molar-refractivity contribution in [2.45, 2.75) is 45.7 Å². The number of nitrogens with one attached hydrogen (secondary N) is 1. The van der Waals surface area contributed by atoms with Gasteiger partial charge < -0.3 is 5.32 Å². The third kappa shape index (κ3) is 5.10. The van der Waals surface area contributed by atoms with Crippen LogP contribution in [0.3, 0.4) is 0 Å². The molecule has 0 radical (unpaired) electrons. The Balaban J connectivity index is 2.36. The van der Waals surface area contributed by atoms with Gasteiger partial charge in [-0.1, -0.05) is 55.8 Å². The zero-order valence-corrected chi connectivity index (χ0v) is 17.5. The maximum Gasteiger partial charge on any atom is 0.244 e. The molecule has 0 spiro atoms. The van der Waals surface area contributed by atoms with Crippen LogP contribution in [0.2, 0.25) is 0 Å². The second kappa shape index (κ2) is 9.19. The van der Waals surface area contributed by atoms with Gasteiger partial charge in [-0.15, -0.1) is 0 Å². The molecular weight excluding hydrogens is 379 g/mol.